The second-order valence-corrected chi connectivity index (χ2v) is 6.98. The molecule has 1 fully saturated rings. The summed E-state index contributed by atoms with van der Waals surface area (Å²) in [5.74, 6) is 1.20. The summed E-state index contributed by atoms with van der Waals surface area (Å²) >= 11 is 0. The molecule has 0 radical (unpaired) electrons. The van der Waals surface area contributed by atoms with Gasteiger partial charge in [0.25, 0.3) is 0 Å². The molecule has 1 saturated heterocycles. The van der Waals surface area contributed by atoms with Crippen molar-refractivity contribution in [1.29, 1.82) is 0 Å². The molecule has 2 aromatic carbocycles. The van der Waals surface area contributed by atoms with E-state index in [4.69, 9.17) is 9.47 Å². The smallest absolute Gasteiger partial charge is 0.144 e. The Morgan fingerprint density at radius 1 is 1.07 bits per heavy atom. The summed E-state index contributed by atoms with van der Waals surface area (Å²) < 4.78 is 24.5. The summed E-state index contributed by atoms with van der Waals surface area (Å²) in [6, 6.07) is 12.2. The zero-order valence-corrected chi connectivity index (χ0v) is 16.4. The molecule has 2 N–H and O–H groups in total. The van der Waals surface area contributed by atoms with Gasteiger partial charge in [0.05, 0.1) is 18.4 Å². The first-order valence-corrected chi connectivity index (χ1v) is 9.98. The summed E-state index contributed by atoms with van der Waals surface area (Å²) in [6.07, 6.45) is 2.35. The molecule has 0 amide bonds. The molecule has 1 aliphatic rings. The van der Waals surface area contributed by atoms with Crippen LogP contribution >= 0.6 is 0 Å². The van der Waals surface area contributed by atoms with Crippen LogP contribution in [0.1, 0.15) is 26.2 Å². The summed E-state index contributed by atoms with van der Waals surface area (Å²) in [5.41, 5.74) is 2.04. The maximum Gasteiger partial charge on any atom is 0.144 e. The Bertz CT molecular complexity index is 731. The monoisotopic (exact) mass is 388 g/mol. The molecule has 0 saturated carbocycles. The van der Waals surface area contributed by atoms with Gasteiger partial charge in [0.1, 0.15) is 23.9 Å². The molecule has 1 aliphatic heterocycles. The Labute approximate surface area is 166 Å². The molecule has 0 aliphatic carbocycles. The number of rotatable bonds is 9. The van der Waals surface area contributed by atoms with E-state index in [0.717, 1.165) is 49.5 Å². The SMILES string of the molecule is CCCOc1cc(N2CCC(O)CC2)ccc1NCCOc1ccc(F)cc1. The molecule has 0 atom stereocenters. The molecule has 1 heterocycles. The normalized spacial score (nSPS) is 14.8. The van der Waals surface area contributed by atoms with Gasteiger partial charge in [0, 0.05) is 31.4 Å². The molecule has 3 rings (SSSR count). The molecule has 0 bridgehead atoms. The first-order chi connectivity index (χ1) is 13.7. The minimum Gasteiger partial charge on any atom is -0.492 e. The fraction of sp³-hybridized carbons (Fsp3) is 0.455. The van der Waals surface area contributed by atoms with Crippen LogP contribution in [0.2, 0.25) is 0 Å². The largest absolute Gasteiger partial charge is 0.492 e. The number of ether oxygens (including phenoxy) is 2. The Balaban J connectivity index is 1.58. The Hall–Kier alpha value is -2.47. The zero-order chi connectivity index (χ0) is 19.8. The Morgan fingerprint density at radius 3 is 2.54 bits per heavy atom. The molecule has 0 unspecified atom stereocenters. The highest BCUT2D eigenvalue weighted by Gasteiger charge is 2.18. The van der Waals surface area contributed by atoms with Crippen LogP contribution in [-0.4, -0.2) is 44.1 Å². The van der Waals surface area contributed by atoms with Crippen molar-refractivity contribution in [3.63, 3.8) is 0 Å². The van der Waals surface area contributed by atoms with Crippen LogP contribution in [0.3, 0.4) is 0 Å². The van der Waals surface area contributed by atoms with Crippen molar-refractivity contribution in [2.45, 2.75) is 32.3 Å². The Morgan fingerprint density at radius 2 is 1.82 bits per heavy atom. The molecule has 152 valence electrons. The van der Waals surface area contributed by atoms with Crippen molar-refractivity contribution in [1.82, 2.24) is 0 Å². The van der Waals surface area contributed by atoms with Gasteiger partial charge in [-0.2, -0.15) is 0 Å². The number of hydrogen-bond acceptors (Lipinski definition) is 5. The first kappa shape index (κ1) is 20.3. The third kappa shape index (κ3) is 5.76. The van der Waals surface area contributed by atoms with Gasteiger partial charge in [-0.15, -0.1) is 0 Å². The van der Waals surface area contributed by atoms with Gasteiger partial charge < -0.3 is 24.8 Å². The predicted molar refractivity (Wildman–Crippen MR) is 110 cm³/mol. The van der Waals surface area contributed by atoms with Gasteiger partial charge in [0.15, 0.2) is 0 Å². The topological polar surface area (TPSA) is 54.0 Å². The van der Waals surface area contributed by atoms with E-state index < -0.39 is 0 Å². The second-order valence-electron chi connectivity index (χ2n) is 6.98. The van der Waals surface area contributed by atoms with Crippen molar-refractivity contribution in [2.75, 3.05) is 43.1 Å². The highest BCUT2D eigenvalue weighted by atomic mass is 19.1. The molecule has 5 nitrogen and oxygen atoms in total. The predicted octanol–water partition coefficient (Wildman–Crippen LogP) is 4.07. The lowest BCUT2D eigenvalue weighted by Crippen LogP contribution is -2.35. The number of hydrogen-bond donors (Lipinski definition) is 2. The minimum absolute atomic E-state index is 0.186. The lowest BCUT2D eigenvalue weighted by molar-refractivity contribution is 0.145. The van der Waals surface area contributed by atoms with Crippen LogP contribution in [0.4, 0.5) is 15.8 Å². The van der Waals surface area contributed by atoms with Crippen LogP contribution in [0.25, 0.3) is 0 Å². The molecule has 0 aromatic heterocycles. The van der Waals surface area contributed by atoms with Crippen molar-refractivity contribution < 1.29 is 19.0 Å². The van der Waals surface area contributed by atoms with E-state index in [0.29, 0.717) is 25.5 Å². The lowest BCUT2D eigenvalue weighted by Gasteiger charge is -2.32. The zero-order valence-electron chi connectivity index (χ0n) is 16.4. The molecule has 28 heavy (non-hydrogen) atoms. The van der Waals surface area contributed by atoms with Gasteiger partial charge in [-0.25, -0.2) is 4.39 Å². The average molecular weight is 388 g/mol. The van der Waals surface area contributed by atoms with E-state index in [1.54, 1.807) is 12.1 Å². The van der Waals surface area contributed by atoms with E-state index in [2.05, 4.69) is 29.3 Å². The lowest BCUT2D eigenvalue weighted by atomic mass is 10.1. The fourth-order valence-corrected chi connectivity index (χ4v) is 3.19. The van der Waals surface area contributed by atoms with Crippen LogP contribution in [-0.2, 0) is 0 Å². The van der Waals surface area contributed by atoms with Crippen molar-refractivity contribution in [3.05, 3.63) is 48.3 Å². The number of nitrogens with one attached hydrogen (secondary N) is 1. The number of aliphatic hydroxyl groups is 1. The van der Waals surface area contributed by atoms with Gasteiger partial charge in [-0.3, -0.25) is 0 Å². The molecular formula is C22H29FN2O3. The fourth-order valence-electron chi connectivity index (χ4n) is 3.19. The van der Waals surface area contributed by atoms with Crippen molar-refractivity contribution in [2.24, 2.45) is 0 Å². The van der Waals surface area contributed by atoms with Gasteiger partial charge in [0.2, 0.25) is 0 Å². The van der Waals surface area contributed by atoms with Crippen LogP contribution in [0.5, 0.6) is 11.5 Å². The highest BCUT2D eigenvalue weighted by Crippen LogP contribution is 2.31. The van der Waals surface area contributed by atoms with Gasteiger partial charge in [-0.1, -0.05) is 6.92 Å². The average Bonchev–Trinajstić information content (AvgIpc) is 2.72. The maximum atomic E-state index is 12.9. The second kappa shape index (κ2) is 10.2. The van der Waals surface area contributed by atoms with Crippen LogP contribution in [0, 0.1) is 5.82 Å². The Kier molecular flexibility index (Phi) is 7.37. The van der Waals surface area contributed by atoms with Crippen molar-refractivity contribution in [3.8, 4) is 11.5 Å². The van der Waals surface area contributed by atoms with Crippen LogP contribution < -0.4 is 19.7 Å². The van der Waals surface area contributed by atoms with Crippen LogP contribution in [0.15, 0.2) is 42.5 Å². The number of nitrogens with zero attached hydrogens (tertiary/aromatic N) is 1. The third-order valence-electron chi connectivity index (χ3n) is 4.76. The maximum absolute atomic E-state index is 12.9. The minimum atomic E-state index is -0.272. The van der Waals surface area contributed by atoms with E-state index in [1.165, 1.54) is 12.1 Å². The number of benzene rings is 2. The first-order valence-electron chi connectivity index (χ1n) is 9.98. The molecule has 2 aromatic rings. The van der Waals surface area contributed by atoms with Crippen molar-refractivity contribution >= 4 is 11.4 Å². The highest BCUT2D eigenvalue weighted by molar-refractivity contribution is 5.64. The number of aliphatic hydroxyl groups excluding tert-OH is 1. The van der Waals surface area contributed by atoms with E-state index in [-0.39, 0.29) is 11.9 Å². The molecule has 6 heteroatoms. The summed E-state index contributed by atoms with van der Waals surface area (Å²) in [6.45, 7) is 5.52. The number of piperidine rings is 1. The third-order valence-corrected chi connectivity index (χ3v) is 4.76. The summed E-state index contributed by atoms with van der Waals surface area (Å²) in [7, 11) is 0. The quantitative estimate of drug-likeness (QED) is 0.635. The molecular weight excluding hydrogens is 359 g/mol. The van der Waals surface area contributed by atoms with Gasteiger partial charge in [-0.05, 0) is 55.7 Å². The van der Waals surface area contributed by atoms with E-state index in [1.807, 2.05) is 6.07 Å². The molecule has 0 spiro atoms. The summed E-state index contributed by atoms with van der Waals surface area (Å²) in [4.78, 5) is 2.28. The number of halogens is 1. The van der Waals surface area contributed by atoms with E-state index >= 15 is 0 Å². The van der Waals surface area contributed by atoms with E-state index in [9.17, 15) is 9.50 Å². The van der Waals surface area contributed by atoms with Gasteiger partial charge >= 0.3 is 0 Å². The standard InChI is InChI=1S/C22H29FN2O3/c1-2-14-28-22-16-18(25-12-9-19(26)10-13-25)5-8-21(22)24-11-15-27-20-6-3-17(23)4-7-20/h3-8,16,19,24,26H,2,9-15H2,1H3. The summed E-state index contributed by atoms with van der Waals surface area (Å²) in [5, 5.41) is 13.1. The number of anilines is 2.